The molecule has 10 heteroatoms. The normalized spacial score (nSPS) is 20.7. The Morgan fingerprint density at radius 1 is 1.09 bits per heavy atom. The molecule has 32 heavy (non-hydrogen) atoms. The zero-order chi connectivity index (χ0) is 23.0. The first kappa shape index (κ1) is 22.7. The second-order valence-electron chi connectivity index (χ2n) is 7.97. The molecule has 4 rings (SSSR count). The SMILES string of the molecule is COc1cc(Cl)c(C)cc1N1C(=O)C[C@H]([NH+]2CCN(S(=O)(=O)c3ccccc3)CC2)C1=O. The zero-order valence-electron chi connectivity index (χ0n) is 17.9. The predicted molar refractivity (Wildman–Crippen MR) is 120 cm³/mol. The van der Waals surface area contributed by atoms with E-state index < -0.39 is 16.1 Å². The van der Waals surface area contributed by atoms with E-state index in [9.17, 15) is 18.0 Å². The smallest absolute Gasteiger partial charge is 0.292 e. The summed E-state index contributed by atoms with van der Waals surface area (Å²) in [6, 6.07) is 11.0. The van der Waals surface area contributed by atoms with Gasteiger partial charge < -0.3 is 9.64 Å². The first-order valence-electron chi connectivity index (χ1n) is 10.3. The van der Waals surface area contributed by atoms with Gasteiger partial charge in [0.25, 0.3) is 5.91 Å². The third kappa shape index (κ3) is 4.01. The van der Waals surface area contributed by atoms with Crippen LogP contribution in [0.5, 0.6) is 5.75 Å². The van der Waals surface area contributed by atoms with Gasteiger partial charge in [0, 0.05) is 11.1 Å². The molecular weight excluding hydrogens is 454 g/mol. The van der Waals surface area contributed by atoms with Crippen molar-refractivity contribution in [3.63, 3.8) is 0 Å². The Balaban J connectivity index is 1.50. The van der Waals surface area contributed by atoms with Crippen LogP contribution in [0.25, 0.3) is 0 Å². The van der Waals surface area contributed by atoms with Crippen molar-refractivity contribution in [3.8, 4) is 5.75 Å². The second kappa shape index (κ2) is 8.82. The number of piperazine rings is 1. The van der Waals surface area contributed by atoms with Gasteiger partial charge in [0.1, 0.15) is 5.75 Å². The number of halogens is 1. The lowest BCUT2D eigenvalue weighted by Crippen LogP contribution is -3.19. The molecule has 2 heterocycles. The summed E-state index contributed by atoms with van der Waals surface area (Å²) in [5.41, 5.74) is 1.12. The van der Waals surface area contributed by atoms with Crippen molar-refractivity contribution >= 4 is 39.1 Å². The van der Waals surface area contributed by atoms with Crippen molar-refractivity contribution < 1.29 is 27.6 Å². The molecule has 0 spiro atoms. The van der Waals surface area contributed by atoms with E-state index >= 15 is 0 Å². The number of anilines is 1. The van der Waals surface area contributed by atoms with Gasteiger partial charge in [-0.3, -0.25) is 9.59 Å². The van der Waals surface area contributed by atoms with Crippen LogP contribution < -0.4 is 14.5 Å². The Labute approximate surface area is 192 Å². The lowest BCUT2D eigenvalue weighted by molar-refractivity contribution is -0.918. The van der Waals surface area contributed by atoms with Gasteiger partial charge in [0.2, 0.25) is 15.9 Å². The molecule has 0 unspecified atom stereocenters. The Hall–Kier alpha value is -2.46. The first-order chi connectivity index (χ1) is 15.2. The van der Waals surface area contributed by atoms with Gasteiger partial charge in [-0.25, -0.2) is 13.3 Å². The molecule has 2 aliphatic heterocycles. The topological polar surface area (TPSA) is 88.4 Å². The quantitative estimate of drug-likeness (QED) is 0.644. The van der Waals surface area contributed by atoms with Crippen molar-refractivity contribution in [2.45, 2.75) is 24.3 Å². The number of methoxy groups -OCH3 is 1. The number of quaternary nitrogens is 1. The number of nitrogens with one attached hydrogen (secondary N) is 1. The van der Waals surface area contributed by atoms with Crippen molar-refractivity contribution in [3.05, 3.63) is 53.1 Å². The van der Waals surface area contributed by atoms with Crippen LogP contribution in [-0.2, 0) is 19.6 Å². The number of hydrogen-bond acceptors (Lipinski definition) is 5. The minimum Gasteiger partial charge on any atom is -0.495 e. The van der Waals surface area contributed by atoms with Gasteiger partial charge in [-0.05, 0) is 30.7 Å². The number of aryl methyl sites for hydroxylation is 1. The Morgan fingerprint density at radius 2 is 1.75 bits per heavy atom. The fourth-order valence-corrected chi connectivity index (χ4v) is 5.91. The molecule has 2 fully saturated rings. The largest absolute Gasteiger partial charge is 0.495 e. The highest BCUT2D eigenvalue weighted by atomic mass is 35.5. The van der Waals surface area contributed by atoms with Crippen molar-refractivity contribution in [2.24, 2.45) is 0 Å². The maximum Gasteiger partial charge on any atom is 0.292 e. The Morgan fingerprint density at radius 3 is 2.38 bits per heavy atom. The van der Waals surface area contributed by atoms with Gasteiger partial charge in [-0.15, -0.1) is 0 Å². The van der Waals surface area contributed by atoms with Gasteiger partial charge in [0.05, 0.1) is 50.3 Å². The minimum atomic E-state index is -3.58. The summed E-state index contributed by atoms with van der Waals surface area (Å²) >= 11 is 6.16. The van der Waals surface area contributed by atoms with Gasteiger partial charge in [-0.2, -0.15) is 4.31 Å². The molecule has 2 aliphatic rings. The highest BCUT2D eigenvalue weighted by Gasteiger charge is 2.48. The molecule has 0 radical (unpaired) electrons. The number of amides is 2. The fourth-order valence-electron chi connectivity index (χ4n) is 4.29. The van der Waals surface area contributed by atoms with Crippen LogP contribution in [0.1, 0.15) is 12.0 Å². The molecule has 2 saturated heterocycles. The monoisotopic (exact) mass is 478 g/mol. The van der Waals surface area contributed by atoms with Crippen molar-refractivity contribution in [1.29, 1.82) is 0 Å². The van der Waals surface area contributed by atoms with Crippen LogP contribution in [0.2, 0.25) is 5.02 Å². The Bertz CT molecular complexity index is 1150. The van der Waals surface area contributed by atoms with E-state index in [1.54, 1.807) is 49.4 Å². The molecule has 1 N–H and O–H groups in total. The summed E-state index contributed by atoms with van der Waals surface area (Å²) in [7, 11) is -2.11. The summed E-state index contributed by atoms with van der Waals surface area (Å²) in [6.45, 7) is 3.26. The molecule has 1 atom stereocenters. The highest BCUT2D eigenvalue weighted by molar-refractivity contribution is 7.89. The lowest BCUT2D eigenvalue weighted by Gasteiger charge is -2.33. The third-order valence-corrected chi connectivity index (χ3v) is 8.41. The van der Waals surface area contributed by atoms with E-state index in [1.165, 1.54) is 16.3 Å². The van der Waals surface area contributed by atoms with Crippen molar-refractivity contribution in [2.75, 3.05) is 38.2 Å². The average Bonchev–Trinajstić information content (AvgIpc) is 3.09. The second-order valence-corrected chi connectivity index (χ2v) is 10.3. The molecule has 8 nitrogen and oxygen atoms in total. The van der Waals surface area contributed by atoms with Crippen LogP contribution >= 0.6 is 11.6 Å². The number of hydrogen-bond donors (Lipinski definition) is 1. The first-order valence-corrected chi connectivity index (χ1v) is 12.2. The number of imide groups is 1. The van der Waals surface area contributed by atoms with Crippen LogP contribution in [0.4, 0.5) is 5.69 Å². The molecule has 170 valence electrons. The molecular formula is C22H25ClN3O5S+. The predicted octanol–water partition coefficient (Wildman–Crippen LogP) is 0.878. The number of ether oxygens (including phenoxy) is 1. The summed E-state index contributed by atoms with van der Waals surface area (Å²) in [4.78, 5) is 28.4. The molecule has 0 saturated carbocycles. The zero-order valence-corrected chi connectivity index (χ0v) is 19.4. The van der Waals surface area contributed by atoms with E-state index in [0.29, 0.717) is 29.5 Å². The summed E-state index contributed by atoms with van der Waals surface area (Å²) < 4.78 is 32.5. The van der Waals surface area contributed by atoms with E-state index in [4.69, 9.17) is 16.3 Å². The van der Waals surface area contributed by atoms with E-state index in [-0.39, 0.29) is 36.2 Å². The maximum atomic E-state index is 13.2. The minimum absolute atomic E-state index is 0.0738. The van der Waals surface area contributed by atoms with E-state index in [1.807, 2.05) is 0 Å². The lowest BCUT2D eigenvalue weighted by atomic mass is 10.1. The summed E-state index contributed by atoms with van der Waals surface area (Å²) in [5, 5.41) is 0.489. The molecule has 0 bridgehead atoms. The Kier molecular flexibility index (Phi) is 6.26. The van der Waals surface area contributed by atoms with Crippen LogP contribution in [0, 0.1) is 6.92 Å². The van der Waals surface area contributed by atoms with Crippen LogP contribution in [0.3, 0.4) is 0 Å². The van der Waals surface area contributed by atoms with Crippen molar-refractivity contribution in [1.82, 2.24) is 4.31 Å². The average molecular weight is 479 g/mol. The molecule has 2 aromatic rings. The highest BCUT2D eigenvalue weighted by Crippen LogP contribution is 2.36. The van der Waals surface area contributed by atoms with Crippen LogP contribution in [-0.4, -0.2) is 63.9 Å². The fraction of sp³-hybridized carbons (Fsp3) is 0.364. The standard InChI is InChI=1S/C22H24ClN3O5S/c1-15-12-18(20(31-2)13-17(15)23)26-21(27)14-19(22(26)28)24-8-10-25(11-9-24)32(29,30)16-6-4-3-5-7-16/h3-7,12-13,19H,8-11,14H2,1-2H3/p+1/t19-/m0/s1. The number of rotatable bonds is 5. The number of carbonyl (C=O) groups excluding carboxylic acids is 2. The number of nitrogens with zero attached hydrogens (tertiary/aromatic N) is 2. The third-order valence-electron chi connectivity index (χ3n) is 6.09. The van der Waals surface area contributed by atoms with Gasteiger partial charge in [-0.1, -0.05) is 29.8 Å². The molecule has 2 aromatic carbocycles. The summed E-state index contributed by atoms with van der Waals surface area (Å²) in [5.74, 6) is -0.243. The maximum absolute atomic E-state index is 13.2. The number of carbonyl (C=O) groups is 2. The summed E-state index contributed by atoms with van der Waals surface area (Å²) in [6.07, 6.45) is 0.0738. The van der Waals surface area contributed by atoms with Gasteiger partial charge >= 0.3 is 0 Å². The van der Waals surface area contributed by atoms with Crippen LogP contribution in [0.15, 0.2) is 47.4 Å². The molecule has 2 amide bonds. The van der Waals surface area contributed by atoms with E-state index in [2.05, 4.69) is 0 Å². The number of sulfonamides is 1. The van der Waals surface area contributed by atoms with Gasteiger partial charge in [0.15, 0.2) is 6.04 Å². The van der Waals surface area contributed by atoms with E-state index in [0.717, 1.165) is 10.5 Å². The molecule has 0 aromatic heterocycles. The molecule has 0 aliphatic carbocycles. The number of benzene rings is 2.